The predicted octanol–water partition coefficient (Wildman–Crippen LogP) is 3.98. The topological polar surface area (TPSA) is 58.4 Å². The molecule has 6 nitrogen and oxygen atoms in total. The Bertz CT molecular complexity index is 1330. The zero-order valence-electron chi connectivity index (χ0n) is 19.8. The Balaban J connectivity index is 1.25. The molecule has 1 amide bonds. The quantitative estimate of drug-likeness (QED) is 0.417. The minimum Gasteiger partial charge on any atom is -0.339 e. The second-order valence-corrected chi connectivity index (χ2v) is 8.89. The van der Waals surface area contributed by atoms with Gasteiger partial charge in [0.2, 0.25) is 5.91 Å². The molecule has 0 aliphatic carbocycles. The van der Waals surface area contributed by atoms with Crippen molar-refractivity contribution in [1.82, 2.24) is 19.4 Å². The summed E-state index contributed by atoms with van der Waals surface area (Å²) in [6.45, 7) is 2.58. The molecular weight excluding hydrogens is 455 g/mol. The van der Waals surface area contributed by atoms with Gasteiger partial charge in [0, 0.05) is 37.8 Å². The summed E-state index contributed by atoms with van der Waals surface area (Å²) in [5.74, 6) is -0.458. The average Bonchev–Trinajstić information content (AvgIpc) is 2.92. The van der Waals surface area contributed by atoms with Crippen molar-refractivity contribution in [3.63, 3.8) is 0 Å². The summed E-state index contributed by atoms with van der Waals surface area (Å²) in [6.07, 6.45) is 1.38. The summed E-state index contributed by atoms with van der Waals surface area (Å²) in [5, 5.41) is 0. The van der Waals surface area contributed by atoms with Gasteiger partial charge in [0.1, 0.15) is 12.4 Å². The Hall–Kier alpha value is -4.10. The molecule has 3 aromatic carbocycles. The van der Waals surface area contributed by atoms with Crippen LogP contribution in [0.1, 0.15) is 17.2 Å². The number of nitrogens with zero attached hydrogens (tertiary/aromatic N) is 4. The Labute approximate surface area is 209 Å². The van der Waals surface area contributed by atoms with Crippen LogP contribution in [0.4, 0.5) is 4.39 Å². The summed E-state index contributed by atoms with van der Waals surface area (Å²) in [5.41, 5.74) is 3.23. The first-order valence-corrected chi connectivity index (χ1v) is 12.0. The monoisotopic (exact) mass is 482 g/mol. The van der Waals surface area contributed by atoms with Crippen molar-refractivity contribution in [2.75, 3.05) is 26.2 Å². The van der Waals surface area contributed by atoms with E-state index in [1.165, 1.54) is 40.2 Å². The highest BCUT2D eigenvalue weighted by Gasteiger charge is 2.28. The fourth-order valence-electron chi connectivity index (χ4n) is 4.68. The highest BCUT2D eigenvalue weighted by atomic mass is 19.1. The van der Waals surface area contributed by atoms with Crippen molar-refractivity contribution >= 4 is 5.91 Å². The normalized spacial score (nSPS) is 14.2. The van der Waals surface area contributed by atoms with E-state index < -0.39 is 0 Å². The maximum absolute atomic E-state index is 13.2. The molecule has 36 heavy (non-hydrogen) atoms. The molecule has 5 rings (SSSR count). The summed E-state index contributed by atoms with van der Waals surface area (Å²) in [7, 11) is 0. The van der Waals surface area contributed by atoms with Gasteiger partial charge in [0.25, 0.3) is 5.56 Å². The lowest BCUT2D eigenvalue weighted by Gasteiger charge is -2.39. The molecule has 0 N–H and O–H groups in total. The van der Waals surface area contributed by atoms with Gasteiger partial charge in [0.15, 0.2) is 0 Å². The van der Waals surface area contributed by atoms with Gasteiger partial charge in [-0.3, -0.25) is 19.1 Å². The average molecular weight is 483 g/mol. The third kappa shape index (κ3) is 5.26. The zero-order valence-corrected chi connectivity index (χ0v) is 19.8. The number of piperazine rings is 1. The summed E-state index contributed by atoms with van der Waals surface area (Å²) in [4.78, 5) is 34.1. The minimum absolute atomic E-state index is 0.0592. The number of halogens is 1. The lowest BCUT2D eigenvalue weighted by atomic mass is 9.96. The Morgan fingerprint density at radius 3 is 1.97 bits per heavy atom. The van der Waals surface area contributed by atoms with Crippen molar-refractivity contribution in [2.24, 2.45) is 0 Å². The standard InChI is InChI=1S/C29H27FN4O2/c30-25-13-11-22(12-14-25)26-19-27(35)34(21-31-26)20-28(36)32-15-17-33(18-16-32)29(23-7-3-1-4-8-23)24-9-5-2-6-10-24/h1-14,19,21,29H,15-18,20H2. The summed E-state index contributed by atoms with van der Waals surface area (Å²) in [6, 6.07) is 28.1. The van der Waals surface area contributed by atoms with Crippen LogP contribution in [-0.4, -0.2) is 51.4 Å². The fraction of sp³-hybridized carbons (Fsp3) is 0.207. The molecule has 1 saturated heterocycles. The van der Waals surface area contributed by atoms with Gasteiger partial charge in [-0.1, -0.05) is 60.7 Å². The van der Waals surface area contributed by atoms with Gasteiger partial charge < -0.3 is 4.90 Å². The number of rotatable bonds is 6. The minimum atomic E-state index is -0.350. The Morgan fingerprint density at radius 1 is 0.833 bits per heavy atom. The van der Waals surface area contributed by atoms with E-state index in [0.29, 0.717) is 24.3 Å². The van der Waals surface area contributed by atoms with E-state index in [1.807, 2.05) is 17.0 Å². The molecular formula is C29H27FN4O2. The maximum atomic E-state index is 13.2. The van der Waals surface area contributed by atoms with E-state index in [-0.39, 0.29) is 29.9 Å². The highest BCUT2D eigenvalue weighted by Crippen LogP contribution is 2.29. The first-order valence-electron chi connectivity index (χ1n) is 12.0. The molecule has 0 unspecified atom stereocenters. The van der Waals surface area contributed by atoms with E-state index in [2.05, 4.69) is 58.4 Å². The predicted molar refractivity (Wildman–Crippen MR) is 137 cm³/mol. The summed E-state index contributed by atoms with van der Waals surface area (Å²) < 4.78 is 14.5. The fourth-order valence-corrected chi connectivity index (χ4v) is 4.68. The Morgan fingerprint density at radius 2 is 1.42 bits per heavy atom. The van der Waals surface area contributed by atoms with Crippen LogP contribution in [0.15, 0.2) is 102 Å². The lowest BCUT2D eigenvalue weighted by Crippen LogP contribution is -2.51. The molecule has 182 valence electrons. The van der Waals surface area contributed by atoms with Gasteiger partial charge >= 0.3 is 0 Å². The molecule has 1 fully saturated rings. The molecule has 0 saturated carbocycles. The number of aromatic nitrogens is 2. The van der Waals surface area contributed by atoms with Crippen LogP contribution in [0.25, 0.3) is 11.3 Å². The molecule has 7 heteroatoms. The number of carbonyl (C=O) groups is 1. The van der Waals surface area contributed by atoms with E-state index >= 15 is 0 Å². The van der Waals surface area contributed by atoms with Crippen molar-refractivity contribution in [3.05, 3.63) is 125 Å². The molecule has 0 bridgehead atoms. The first kappa shape index (κ1) is 23.6. The molecule has 1 aliphatic rings. The van der Waals surface area contributed by atoms with Crippen molar-refractivity contribution in [3.8, 4) is 11.3 Å². The highest BCUT2D eigenvalue weighted by molar-refractivity contribution is 5.76. The van der Waals surface area contributed by atoms with E-state index in [1.54, 1.807) is 12.1 Å². The van der Waals surface area contributed by atoms with Gasteiger partial charge in [-0.05, 0) is 35.4 Å². The van der Waals surface area contributed by atoms with Crippen LogP contribution in [0.2, 0.25) is 0 Å². The number of hydrogen-bond donors (Lipinski definition) is 0. The Kier molecular flexibility index (Phi) is 7.00. The molecule has 0 radical (unpaired) electrons. The number of amides is 1. The molecule has 0 atom stereocenters. The third-order valence-electron chi connectivity index (χ3n) is 6.59. The SMILES string of the molecule is O=C(Cn1cnc(-c2ccc(F)cc2)cc1=O)N1CCN(C(c2ccccc2)c2ccccc2)CC1. The van der Waals surface area contributed by atoms with Crippen LogP contribution in [0.3, 0.4) is 0 Å². The van der Waals surface area contributed by atoms with E-state index in [9.17, 15) is 14.0 Å². The number of carbonyl (C=O) groups excluding carboxylic acids is 1. The van der Waals surface area contributed by atoms with Gasteiger partial charge in [-0.2, -0.15) is 0 Å². The molecule has 2 heterocycles. The number of hydrogen-bond acceptors (Lipinski definition) is 4. The second kappa shape index (κ2) is 10.7. The van der Waals surface area contributed by atoms with Gasteiger partial charge in [0.05, 0.1) is 18.1 Å². The van der Waals surface area contributed by atoms with Crippen LogP contribution in [0.5, 0.6) is 0 Å². The first-order chi connectivity index (χ1) is 17.6. The van der Waals surface area contributed by atoms with Gasteiger partial charge in [-0.25, -0.2) is 9.37 Å². The van der Waals surface area contributed by atoms with Crippen LogP contribution in [-0.2, 0) is 11.3 Å². The van der Waals surface area contributed by atoms with Crippen molar-refractivity contribution in [2.45, 2.75) is 12.6 Å². The van der Waals surface area contributed by atoms with E-state index in [4.69, 9.17) is 0 Å². The second-order valence-electron chi connectivity index (χ2n) is 8.89. The summed E-state index contributed by atoms with van der Waals surface area (Å²) >= 11 is 0. The van der Waals surface area contributed by atoms with Crippen LogP contribution in [0, 0.1) is 5.82 Å². The maximum Gasteiger partial charge on any atom is 0.254 e. The van der Waals surface area contributed by atoms with Crippen molar-refractivity contribution in [1.29, 1.82) is 0 Å². The van der Waals surface area contributed by atoms with Crippen LogP contribution < -0.4 is 5.56 Å². The smallest absolute Gasteiger partial charge is 0.254 e. The van der Waals surface area contributed by atoms with Crippen molar-refractivity contribution < 1.29 is 9.18 Å². The molecule has 0 spiro atoms. The van der Waals surface area contributed by atoms with Crippen LogP contribution >= 0.6 is 0 Å². The van der Waals surface area contributed by atoms with Gasteiger partial charge in [-0.15, -0.1) is 0 Å². The molecule has 4 aromatic rings. The number of benzene rings is 3. The zero-order chi connectivity index (χ0) is 24.9. The van der Waals surface area contributed by atoms with E-state index in [0.717, 1.165) is 13.1 Å². The molecule has 1 aliphatic heterocycles. The molecule has 1 aromatic heterocycles. The largest absolute Gasteiger partial charge is 0.339 e. The third-order valence-corrected chi connectivity index (χ3v) is 6.59. The lowest BCUT2D eigenvalue weighted by molar-refractivity contribution is -0.133.